The summed E-state index contributed by atoms with van der Waals surface area (Å²) in [7, 11) is 0. The Labute approximate surface area is 39.6 Å². The molecule has 0 aliphatic heterocycles. The van der Waals surface area contributed by atoms with E-state index < -0.39 is 11.7 Å². The van der Waals surface area contributed by atoms with Crippen LogP contribution in [-0.2, 0) is 4.79 Å². The second-order valence-corrected chi connectivity index (χ2v) is 1.06. The van der Waals surface area contributed by atoms with E-state index >= 15 is 0 Å². The van der Waals surface area contributed by atoms with Gasteiger partial charge in [-0.15, -0.1) is 0 Å². The van der Waals surface area contributed by atoms with Gasteiger partial charge in [-0.1, -0.05) is 0 Å². The summed E-state index contributed by atoms with van der Waals surface area (Å²) in [6.07, 6.45) is -1.79. The van der Waals surface area contributed by atoms with Gasteiger partial charge in [0.25, 0.3) is 6.08 Å². The quantitative estimate of drug-likeness (QED) is 0.364. The molecular weight excluding hydrogens is 102 g/mol. The molecule has 0 aliphatic carbocycles. The van der Waals surface area contributed by atoms with E-state index in [4.69, 9.17) is 0 Å². The smallest absolute Gasteiger partial charge is 0.276 e. The molecular formula is C4H4F2O. The van der Waals surface area contributed by atoms with Crippen LogP contribution in [0, 0.1) is 0 Å². The maximum atomic E-state index is 11.1. The first-order valence-electron chi connectivity index (χ1n) is 1.65. The monoisotopic (exact) mass is 106 g/mol. The fourth-order valence-electron chi connectivity index (χ4n) is 0.0445. The Balaban J connectivity index is 3.98. The first kappa shape index (κ1) is 6.27. The third-order valence-corrected chi connectivity index (χ3v) is 0.475. The molecule has 0 rings (SSSR count). The number of allylic oxidation sites excluding steroid dienone is 1. The molecule has 0 aromatic carbocycles. The number of carbonyl (C=O) groups is 1. The van der Waals surface area contributed by atoms with E-state index in [9.17, 15) is 13.6 Å². The molecule has 0 aliphatic rings. The topological polar surface area (TPSA) is 17.1 Å². The largest absolute Gasteiger partial charge is 0.298 e. The van der Waals surface area contributed by atoms with Crippen LogP contribution < -0.4 is 0 Å². The summed E-state index contributed by atoms with van der Waals surface area (Å²) in [6.45, 7) is 1.06. The molecule has 7 heavy (non-hydrogen) atoms. The highest BCUT2D eigenvalue weighted by molar-refractivity contribution is 5.72. The van der Waals surface area contributed by atoms with E-state index in [2.05, 4.69) is 0 Å². The minimum atomic E-state index is -1.91. The number of halogens is 2. The van der Waals surface area contributed by atoms with Crippen molar-refractivity contribution >= 4 is 6.29 Å². The Kier molecular flexibility index (Phi) is 2.19. The fourth-order valence-corrected chi connectivity index (χ4v) is 0.0445. The molecule has 0 aromatic heterocycles. The molecule has 0 unspecified atom stereocenters. The van der Waals surface area contributed by atoms with Crippen molar-refractivity contribution < 1.29 is 13.6 Å². The van der Waals surface area contributed by atoms with Crippen molar-refractivity contribution in [2.45, 2.75) is 6.92 Å². The van der Waals surface area contributed by atoms with Gasteiger partial charge in [0, 0.05) is 0 Å². The van der Waals surface area contributed by atoms with Crippen LogP contribution >= 0.6 is 0 Å². The van der Waals surface area contributed by atoms with Gasteiger partial charge < -0.3 is 0 Å². The van der Waals surface area contributed by atoms with Gasteiger partial charge >= 0.3 is 0 Å². The van der Waals surface area contributed by atoms with Crippen molar-refractivity contribution in [3.05, 3.63) is 11.7 Å². The first-order chi connectivity index (χ1) is 3.18. The summed E-state index contributed by atoms with van der Waals surface area (Å²) < 4.78 is 22.2. The van der Waals surface area contributed by atoms with Gasteiger partial charge in [-0.05, 0) is 6.92 Å². The van der Waals surface area contributed by atoms with Crippen molar-refractivity contribution in [1.82, 2.24) is 0 Å². The summed E-state index contributed by atoms with van der Waals surface area (Å²) in [6, 6.07) is 0. The molecule has 40 valence electrons. The number of aldehydes is 1. The third kappa shape index (κ3) is 2.03. The summed E-state index contributed by atoms with van der Waals surface area (Å²) >= 11 is 0. The van der Waals surface area contributed by atoms with Crippen LogP contribution in [0.1, 0.15) is 6.92 Å². The minimum Gasteiger partial charge on any atom is -0.298 e. The van der Waals surface area contributed by atoms with Crippen molar-refractivity contribution in [1.29, 1.82) is 0 Å². The highest BCUT2D eigenvalue weighted by Crippen LogP contribution is 2.01. The van der Waals surface area contributed by atoms with Gasteiger partial charge in [0.1, 0.15) is 0 Å². The van der Waals surface area contributed by atoms with Crippen LogP contribution in [0.3, 0.4) is 0 Å². The van der Waals surface area contributed by atoms with Crippen molar-refractivity contribution in [3.8, 4) is 0 Å². The van der Waals surface area contributed by atoms with E-state index in [0.29, 0.717) is 0 Å². The van der Waals surface area contributed by atoms with Gasteiger partial charge in [0.2, 0.25) is 0 Å². The van der Waals surface area contributed by atoms with Gasteiger partial charge in [-0.3, -0.25) is 4.79 Å². The van der Waals surface area contributed by atoms with E-state index in [1.165, 1.54) is 0 Å². The number of rotatable bonds is 1. The van der Waals surface area contributed by atoms with E-state index in [0.717, 1.165) is 6.92 Å². The zero-order chi connectivity index (χ0) is 5.86. The highest BCUT2D eigenvalue weighted by atomic mass is 19.3. The van der Waals surface area contributed by atoms with Crippen LogP contribution in [0.15, 0.2) is 11.7 Å². The molecule has 0 amide bonds. The molecule has 0 N–H and O–H groups in total. The Hall–Kier alpha value is -0.730. The van der Waals surface area contributed by atoms with Gasteiger partial charge in [0.05, 0.1) is 5.57 Å². The van der Waals surface area contributed by atoms with Gasteiger partial charge in [-0.2, -0.15) is 8.78 Å². The van der Waals surface area contributed by atoms with Crippen molar-refractivity contribution in [2.24, 2.45) is 0 Å². The zero-order valence-corrected chi connectivity index (χ0v) is 3.74. The fraction of sp³-hybridized carbons (Fsp3) is 0.250. The average Bonchev–Trinajstić information content (AvgIpc) is 1.65. The van der Waals surface area contributed by atoms with Crippen LogP contribution in [0.5, 0.6) is 0 Å². The normalized spacial score (nSPS) is 7.86. The zero-order valence-electron chi connectivity index (χ0n) is 3.74. The molecule has 0 radical (unpaired) electrons. The first-order valence-corrected chi connectivity index (χ1v) is 1.65. The molecule has 0 fully saturated rings. The number of hydrogen-bond donors (Lipinski definition) is 0. The third-order valence-electron chi connectivity index (χ3n) is 0.475. The van der Waals surface area contributed by atoms with Gasteiger partial charge in [0.15, 0.2) is 6.29 Å². The average molecular weight is 106 g/mol. The molecule has 0 saturated carbocycles. The number of carbonyl (C=O) groups excluding carboxylic acids is 1. The molecule has 0 bridgehead atoms. The van der Waals surface area contributed by atoms with Crippen LogP contribution in [0.25, 0.3) is 0 Å². The van der Waals surface area contributed by atoms with Gasteiger partial charge in [-0.25, -0.2) is 0 Å². The Morgan fingerprint density at radius 3 is 2.00 bits per heavy atom. The maximum Gasteiger partial charge on any atom is 0.276 e. The lowest BCUT2D eigenvalue weighted by molar-refractivity contribution is -0.105. The molecule has 1 nitrogen and oxygen atoms in total. The van der Waals surface area contributed by atoms with Crippen LogP contribution in [0.4, 0.5) is 8.78 Å². The van der Waals surface area contributed by atoms with Crippen LogP contribution in [0.2, 0.25) is 0 Å². The summed E-state index contributed by atoms with van der Waals surface area (Å²) in [5.41, 5.74) is -0.500. The lowest BCUT2D eigenvalue weighted by Crippen LogP contribution is -1.75. The predicted octanol–water partition coefficient (Wildman–Crippen LogP) is 1.36. The SMILES string of the molecule is CC(C=O)=C(F)F. The van der Waals surface area contributed by atoms with Crippen molar-refractivity contribution in [3.63, 3.8) is 0 Å². The number of hydrogen-bond acceptors (Lipinski definition) is 1. The summed E-state index contributed by atoms with van der Waals surface area (Å²) in [5, 5.41) is 0. The van der Waals surface area contributed by atoms with E-state index in [1.54, 1.807) is 0 Å². The van der Waals surface area contributed by atoms with Crippen LogP contribution in [-0.4, -0.2) is 6.29 Å². The molecule has 0 spiro atoms. The van der Waals surface area contributed by atoms with Crippen molar-refractivity contribution in [2.75, 3.05) is 0 Å². The summed E-state index contributed by atoms with van der Waals surface area (Å²) in [4.78, 5) is 9.41. The Bertz CT molecular complexity index is 102. The minimum absolute atomic E-state index is 0.120. The second-order valence-electron chi connectivity index (χ2n) is 1.06. The second kappa shape index (κ2) is 2.44. The molecule has 0 saturated heterocycles. The predicted molar refractivity (Wildman–Crippen MR) is 21.0 cm³/mol. The molecule has 0 atom stereocenters. The lowest BCUT2D eigenvalue weighted by atomic mass is 10.4. The molecule has 0 aromatic rings. The maximum absolute atomic E-state index is 11.1. The Morgan fingerprint density at radius 1 is 1.57 bits per heavy atom. The molecule has 0 heterocycles. The standard InChI is InChI=1S/C4H4F2O/c1-3(2-7)4(5)6/h2H,1H3. The Morgan fingerprint density at radius 2 is 2.00 bits per heavy atom. The lowest BCUT2D eigenvalue weighted by Gasteiger charge is -1.77. The molecule has 3 heteroatoms. The van der Waals surface area contributed by atoms with E-state index in [-0.39, 0.29) is 6.29 Å². The highest BCUT2D eigenvalue weighted by Gasteiger charge is 1.93. The van der Waals surface area contributed by atoms with E-state index in [1.807, 2.05) is 0 Å². The summed E-state index contributed by atoms with van der Waals surface area (Å²) in [5.74, 6) is 0.